The van der Waals surface area contributed by atoms with Gasteiger partial charge in [-0.2, -0.15) is 0 Å². The summed E-state index contributed by atoms with van der Waals surface area (Å²) in [4.78, 5) is 27.1. The van der Waals surface area contributed by atoms with Crippen LogP contribution < -0.4 is 11.1 Å². The van der Waals surface area contributed by atoms with Crippen molar-refractivity contribution < 1.29 is 9.69 Å². The van der Waals surface area contributed by atoms with Gasteiger partial charge in [0.05, 0.1) is 23.7 Å². The molecule has 1 aliphatic rings. The number of nitrogen functional groups attached to an aromatic ring is 1. The third kappa shape index (κ3) is 4.90. The van der Waals surface area contributed by atoms with Crippen molar-refractivity contribution >= 4 is 36.1 Å². The topological polar surface area (TPSA) is 78.6 Å². The molecule has 5 nitrogen and oxygen atoms in total. The zero-order chi connectivity index (χ0) is 21.1. The highest BCUT2D eigenvalue weighted by atomic mass is 32.1. The smallest absolute Gasteiger partial charge is 0.255 e. The predicted octanol–water partition coefficient (Wildman–Crippen LogP) is 4.62. The minimum Gasteiger partial charge on any atom is -0.397 e. The number of rotatable bonds is 5. The van der Waals surface area contributed by atoms with Crippen molar-refractivity contribution in [2.24, 2.45) is 0 Å². The van der Waals surface area contributed by atoms with Crippen LogP contribution in [0.1, 0.15) is 15.9 Å². The number of thiophene rings is 1. The Hall–Kier alpha value is -2.24. The largest absolute Gasteiger partial charge is 0.397 e. The Morgan fingerprint density at radius 3 is 2.57 bits per heavy atom. The third-order valence-electron chi connectivity index (χ3n) is 5.60. The molecule has 1 aliphatic heterocycles. The Morgan fingerprint density at radius 1 is 1.17 bits per heavy atom. The van der Waals surface area contributed by atoms with Crippen molar-refractivity contribution in [2.45, 2.75) is 6.16 Å². The van der Waals surface area contributed by atoms with Crippen molar-refractivity contribution in [2.75, 3.05) is 43.5 Å². The second-order valence-corrected chi connectivity index (χ2v) is 12.3. The number of hydrogen-bond donors (Lipinski definition) is 3. The second-order valence-electron chi connectivity index (χ2n) is 7.93. The molecule has 0 unspecified atom stereocenters. The Bertz CT molecular complexity index is 1010. The molecule has 1 amide bonds. The maximum Gasteiger partial charge on any atom is 0.255 e. The highest BCUT2D eigenvalue weighted by Crippen LogP contribution is 2.58. The SMILES string of the molecule is CN1CC[P+](O)(Cc2ccc(C(=O)Nc3cc(-c4cccs4)ccc3N)cc2)CC1. The number of carbonyl (C=O) groups excluding carboxylic acids is 1. The van der Waals surface area contributed by atoms with Gasteiger partial charge in [-0.1, -0.05) is 24.3 Å². The Kier molecular flexibility index (Phi) is 6.21. The fourth-order valence-electron chi connectivity index (χ4n) is 3.65. The van der Waals surface area contributed by atoms with Gasteiger partial charge in [0.25, 0.3) is 5.91 Å². The molecule has 3 aromatic rings. The van der Waals surface area contributed by atoms with Gasteiger partial charge in [0, 0.05) is 23.5 Å². The Labute approximate surface area is 182 Å². The minimum atomic E-state index is -1.91. The minimum absolute atomic E-state index is 0.190. The fraction of sp³-hybridized carbons (Fsp3) is 0.261. The maximum absolute atomic E-state index is 12.8. The molecule has 0 saturated carbocycles. The number of nitrogens with zero attached hydrogens (tertiary/aromatic N) is 1. The fourth-order valence-corrected chi connectivity index (χ4v) is 7.23. The van der Waals surface area contributed by atoms with Gasteiger partial charge in [-0.05, 0) is 53.9 Å². The number of nitrogens with two attached hydrogens (primary N) is 1. The van der Waals surface area contributed by atoms with Crippen LogP contribution >= 0.6 is 18.8 Å². The lowest BCUT2D eigenvalue weighted by molar-refractivity contribution is 0.102. The van der Waals surface area contributed by atoms with Crippen molar-refractivity contribution in [1.29, 1.82) is 0 Å². The number of nitrogens with one attached hydrogen (secondary N) is 1. The Morgan fingerprint density at radius 2 is 1.90 bits per heavy atom. The first-order valence-corrected chi connectivity index (χ1v) is 13.2. The molecule has 2 heterocycles. The Balaban J connectivity index is 1.44. The summed E-state index contributed by atoms with van der Waals surface area (Å²) >= 11 is 1.65. The van der Waals surface area contributed by atoms with E-state index in [1.807, 2.05) is 60.0 Å². The van der Waals surface area contributed by atoms with Gasteiger partial charge in [0.1, 0.15) is 13.7 Å². The van der Waals surface area contributed by atoms with Gasteiger partial charge in [-0.3, -0.25) is 14.6 Å². The van der Waals surface area contributed by atoms with Gasteiger partial charge >= 0.3 is 0 Å². The van der Waals surface area contributed by atoms with Crippen molar-refractivity contribution in [1.82, 2.24) is 4.90 Å². The molecule has 0 spiro atoms. The summed E-state index contributed by atoms with van der Waals surface area (Å²) in [6, 6.07) is 17.3. The van der Waals surface area contributed by atoms with Crippen LogP contribution in [0.4, 0.5) is 11.4 Å². The van der Waals surface area contributed by atoms with Crippen molar-refractivity contribution in [3.63, 3.8) is 0 Å². The zero-order valence-corrected chi connectivity index (χ0v) is 18.8. The maximum atomic E-state index is 12.8. The van der Waals surface area contributed by atoms with Crippen LogP contribution in [0.15, 0.2) is 60.0 Å². The van der Waals surface area contributed by atoms with Crippen LogP contribution in [0.3, 0.4) is 0 Å². The predicted molar refractivity (Wildman–Crippen MR) is 129 cm³/mol. The first kappa shape index (κ1) is 21.0. The molecule has 7 heteroatoms. The number of carbonyl (C=O) groups is 1. The van der Waals surface area contributed by atoms with Gasteiger partial charge < -0.3 is 11.1 Å². The molecule has 2 aromatic carbocycles. The molecule has 4 rings (SSSR count). The van der Waals surface area contributed by atoms with Crippen LogP contribution in [-0.4, -0.2) is 48.2 Å². The molecular formula is C23H27N3O2PS+. The molecule has 156 valence electrons. The number of anilines is 2. The third-order valence-corrected chi connectivity index (χ3v) is 9.53. The van der Waals surface area contributed by atoms with E-state index in [4.69, 9.17) is 5.73 Å². The van der Waals surface area contributed by atoms with Gasteiger partial charge in [-0.15, -0.1) is 11.3 Å². The van der Waals surface area contributed by atoms with Gasteiger partial charge in [-0.25, -0.2) is 0 Å². The van der Waals surface area contributed by atoms with E-state index in [1.165, 1.54) is 0 Å². The van der Waals surface area contributed by atoms with Gasteiger partial charge in [0.15, 0.2) is 0 Å². The summed E-state index contributed by atoms with van der Waals surface area (Å²) in [7, 11) is 0.187. The summed E-state index contributed by atoms with van der Waals surface area (Å²) in [6.45, 7) is 1.91. The average Bonchev–Trinajstić information content (AvgIpc) is 3.27. The molecule has 4 N–H and O–H groups in total. The number of amides is 1. The van der Waals surface area contributed by atoms with E-state index >= 15 is 0 Å². The van der Waals surface area contributed by atoms with Crippen LogP contribution in [0.5, 0.6) is 0 Å². The molecule has 30 heavy (non-hydrogen) atoms. The summed E-state index contributed by atoms with van der Waals surface area (Å²) in [6.07, 6.45) is 2.48. The van der Waals surface area contributed by atoms with Crippen LogP contribution in [0, 0.1) is 0 Å². The van der Waals surface area contributed by atoms with E-state index < -0.39 is 7.49 Å². The zero-order valence-electron chi connectivity index (χ0n) is 17.0. The number of hydrogen-bond acceptors (Lipinski definition) is 5. The molecule has 0 radical (unpaired) electrons. The molecule has 1 fully saturated rings. The molecular weight excluding hydrogens is 413 g/mol. The van der Waals surface area contributed by atoms with E-state index in [1.54, 1.807) is 11.3 Å². The first-order chi connectivity index (χ1) is 14.4. The molecule has 0 bridgehead atoms. The normalized spacial score (nSPS) is 16.3. The van der Waals surface area contributed by atoms with E-state index in [9.17, 15) is 9.69 Å². The summed E-state index contributed by atoms with van der Waals surface area (Å²) in [5.41, 5.74) is 9.93. The van der Waals surface area contributed by atoms with Crippen LogP contribution in [-0.2, 0) is 6.16 Å². The van der Waals surface area contributed by atoms with E-state index in [0.29, 0.717) is 16.9 Å². The highest BCUT2D eigenvalue weighted by molar-refractivity contribution is 7.69. The van der Waals surface area contributed by atoms with E-state index in [-0.39, 0.29) is 5.91 Å². The monoisotopic (exact) mass is 440 g/mol. The lowest BCUT2D eigenvalue weighted by Gasteiger charge is -2.30. The molecule has 0 aliphatic carbocycles. The standard InChI is InChI=1S/C23H26N3O2PS/c1-26-10-12-29(28,13-11-26)16-17-4-6-18(7-5-17)23(27)25-21-15-19(8-9-20(21)24)22-3-2-14-30-22/h2-9,14-15,28H,10-13,16,24H2,1H3/p+1. The highest BCUT2D eigenvalue weighted by Gasteiger charge is 2.39. The van der Waals surface area contributed by atoms with E-state index in [0.717, 1.165) is 47.6 Å². The van der Waals surface area contributed by atoms with Crippen LogP contribution in [0.25, 0.3) is 10.4 Å². The van der Waals surface area contributed by atoms with Crippen molar-refractivity contribution in [3.8, 4) is 10.4 Å². The van der Waals surface area contributed by atoms with Crippen LogP contribution in [0.2, 0.25) is 0 Å². The van der Waals surface area contributed by atoms with Crippen molar-refractivity contribution in [3.05, 3.63) is 71.1 Å². The lowest BCUT2D eigenvalue weighted by atomic mass is 10.1. The molecule has 1 aromatic heterocycles. The average molecular weight is 441 g/mol. The lowest BCUT2D eigenvalue weighted by Crippen LogP contribution is -2.33. The quantitative estimate of drug-likeness (QED) is 0.400. The van der Waals surface area contributed by atoms with E-state index in [2.05, 4.69) is 17.3 Å². The summed E-state index contributed by atoms with van der Waals surface area (Å²) in [5, 5.41) is 4.96. The summed E-state index contributed by atoms with van der Waals surface area (Å²) < 4.78 is 0. The molecule has 1 saturated heterocycles. The number of benzene rings is 2. The molecule has 0 atom stereocenters. The second kappa shape index (κ2) is 8.86. The summed E-state index contributed by atoms with van der Waals surface area (Å²) in [5.74, 6) is -0.190. The van der Waals surface area contributed by atoms with Gasteiger partial charge in [0.2, 0.25) is 0 Å². The first-order valence-electron chi connectivity index (χ1n) is 10.0.